The van der Waals surface area contributed by atoms with E-state index in [1.807, 2.05) is 0 Å². The highest BCUT2D eigenvalue weighted by Gasteiger charge is 2.21. The molecule has 1 amide bonds. The molecule has 5 nitrogen and oxygen atoms in total. The summed E-state index contributed by atoms with van der Waals surface area (Å²) in [6, 6.07) is 4.21. The van der Waals surface area contributed by atoms with E-state index in [2.05, 4.69) is 5.32 Å². The van der Waals surface area contributed by atoms with Gasteiger partial charge in [-0.1, -0.05) is 19.1 Å². The molecule has 6 heteroatoms. The molecular formula is C14H16FNO4. The number of amides is 1. The van der Waals surface area contributed by atoms with Gasteiger partial charge < -0.3 is 10.4 Å². The highest BCUT2D eigenvalue weighted by molar-refractivity contribution is 5.99. The van der Waals surface area contributed by atoms with Crippen molar-refractivity contribution in [3.05, 3.63) is 35.6 Å². The molecule has 0 aromatic heterocycles. The van der Waals surface area contributed by atoms with Gasteiger partial charge in [-0.2, -0.15) is 0 Å². The molecule has 1 aromatic rings. The van der Waals surface area contributed by atoms with Crippen LogP contribution in [0.2, 0.25) is 0 Å². The molecule has 0 aliphatic carbocycles. The van der Waals surface area contributed by atoms with Gasteiger partial charge in [0.05, 0.1) is 0 Å². The minimum Gasteiger partial charge on any atom is -0.480 e. The zero-order chi connectivity index (χ0) is 15.3. The maximum atomic E-state index is 13.0. The monoisotopic (exact) mass is 281 g/mol. The van der Waals surface area contributed by atoms with Crippen LogP contribution in [0, 0.1) is 11.7 Å². The van der Waals surface area contributed by atoms with E-state index in [1.165, 1.54) is 32.0 Å². The van der Waals surface area contributed by atoms with Crippen LogP contribution < -0.4 is 5.32 Å². The van der Waals surface area contributed by atoms with E-state index in [0.29, 0.717) is 0 Å². The minimum atomic E-state index is -1.15. The molecule has 0 fully saturated rings. The zero-order valence-electron chi connectivity index (χ0n) is 11.2. The lowest BCUT2D eigenvalue weighted by atomic mass is 9.96. The Morgan fingerprint density at radius 2 is 1.95 bits per heavy atom. The second-order valence-electron chi connectivity index (χ2n) is 4.61. The van der Waals surface area contributed by atoms with Crippen molar-refractivity contribution in [2.75, 3.05) is 0 Å². The largest absolute Gasteiger partial charge is 0.480 e. The summed E-state index contributed by atoms with van der Waals surface area (Å²) in [7, 11) is 0. The Bertz CT molecular complexity index is 530. The maximum Gasteiger partial charge on any atom is 0.325 e. The van der Waals surface area contributed by atoms with Gasteiger partial charge in [-0.15, -0.1) is 0 Å². The van der Waals surface area contributed by atoms with Crippen LogP contribution in [0.4, 0.5) is 4.39 Å². The molecule has 1 unspecified atom stereocenters. The molecular weight excluding hydrogens is 265 g/mol. The number of carbonyl (C=O) groups is 3. The zero-order valence-corrected chi connectivity index (χ0v) is 11.2. The summed E-state index contributed by atoms with van der Waals surface area (Å²) in [5.74, 6) is -3.22. The Morgan fingerprint density at radius 1 is 1.30 bits per heavy atom. The van der Waals surface area contributed by atoms with Crippen LogP contribution in [0.25, 0.3) is 0 Å². The number of rotatable bonds is 6. The fraction of sp³-hybridized carbons (Fsp3) is 0.357. The number of benzene rings is 1. The molecule has 0 spiro atoms. The lowest BCUT2D eigenvalue weighted by molar-refractivity contribution is -0.141. The molecule has 0 aliphatic heterocycles. The third-order valence-corrected chi connectivity index (χ3v) is 2.80. The van der Waals surface area contributed by atoms with Gasteiger partial charge in [0.15, 0.2) is 5.78 Å². The molecule has 2 N–H and O–H groups in total. The average Bonchev–Trinajstić information content (AvgIpc) is 2.37. The number of Topliss-reactive ketones (excluding diaryl/α,β-unsaturated/α-hetero) is 1. The van der Waals surface area contributed by atoms with Crippen LogP contribution in [0.3, 0.4) is 0 Å². The third kappa shape index (κ3) is 4.46. The summed E-state index contributed by atoms with van der Waals surface area (Å²) in [4.78, 5) is 34.1. The Hall–Kier alpha value is -2.24. The number of hydrogen-bond donors (Lipinski definition) is 2. The summed E-state index contributed by atoms with van der Waals surface area (Å²) in [6.45, 7) is 2.87. The van der Waals surface area contributed by atoms with E-state index in [4.69, 9.17) is 5.11 Å². The first-order valence-electron chi connectivity index (χ1n) is 6.13. The standard InChI is InChI=1S/C14H16FNO4/c1-8(6-12(17)16-9(2)14(19)20)13(18)10-4-3-5-11(15)7-10/h3-5,7-9H,6H2,1-2H3,(H,16,17)(H,19,20)/t8?,9-/m1/s1. The maximum absolute atomic E-state index is 13.0. The van der Waals surface area contributed by atoms with E-state index in [-0.39, 0.29) is 17.8 Å². The molecule has 0 saturated carbocycles. The normalized spacial score (nSPS) is 13.3. The number of halogens is 1. The van der Waals surface area contributed by atoms with Gasteiger partial charge in [0.1, 0.15) is 11.9 Å². The van der Waals surface area contributed by atoms with Gasteiger partial charge in [-0.05, 0) is 19.1 Å². The van der Waals surface area contributed by atoms with Crippen molar-refractivity contribution in [2.24, 2.45) is 5.92 Å². The summed E-state index contributed by atoms with van der Waals surface area (Å²) in [6.07, 6.45) is -0.146. The predicted molar refractivity (Wildman–Crippen MR) is 69.8 cm³/mol. The van der Waals surface area contributed by atoms with Crippen LogP contribution in [0.15, 0.2) is 24.3 Å². The molecule has 0 aliphatic rings. The van der Waals surface area contributed by atoms with Crippen molar-refractivity contribution < 1.29 is 23.9 Å². The van der Waals surface area contributed by atoms with E-state index in [1.54, 1.807) is 0 Å². The Balaban J connectivity index is 2.62. The van der Waals surface area contributed by atoms with Crippen molar-refractivity contribution >= 4 is 17.7 Å². The topological polar surface area (TPSA) is 83.5 Å². The summed E-state index contributed by atoms with van der Waals surface area (Å²) >= 11 is 0. The second-order valence-corrected chi connectivity index (χ2v) is 4.61. The Kier molecular flexibility index (Phi) is 5.37. The van der Waals surface area contributed by atoms with Crippen LogP contribution in [-0.4, -0.2) is 28.8 Å². The van der Waals surface area contributed by atoms with Crippen molar-refractivity contribution in [1.29, 1.82) is 0 Å². The molecule has 2 atom stereocenters. The highest BCUT2D eigenvalue weighted by atomic mass is 19.1. The molecule has 1 rings (SSSR count). The molecule has 108 valence electrons. The summed E-state index contributed by atoms with van der Waals surface area (Å²) in [5, 5.41) is 10.9. The SMILES string of the molecule is CC(CC(=O)N[C@H](C)C(=O)O)C(=O)c1cccc(F)c1. The summed E-state index contributed by atoms with van der Waals surface area (Å²) < 4.78 is 13.0. The number of carbonyl (C=O) groups excluding carboxylic acids is 2. The van der Waals surface area contributed by atoms with Crippen molar-refractivity contribution in [3.8, 4) is 0 Å². The van der Waals surface area contributed by atoms with Gasteiger partial charge in [-0.25, -0.2) is 4.39 Å². The Morgan fingerprint density at radius 3 is 2.50 bits per heavy atom. The van der Waals surface area contributed by atoms with Gasteiger partial charge in [-0.3, -0.25) is 14.4 Å². The smallest absolute Gasteiger partial charge is 0.325 e. The number of carboxylic acids is 1. The molecule has 1 aromatic carbocycles. The number of nitrogens with one attached hydrogen (secondary N) is 1. The minimum absolute atomic E-state index is 0.146. The second kappa shape index (κ2) is 6.79. The van der Waals surface area contributed by atoms with Crippen LogP contribution in [0.1, 0.15) is 30.6 Å². The van der Waals surface area contributed by atoms with E-state index in [9.17, 15) is 18.8 Å². The van der Waals surface area contributed by atoms with Gasteiger partial charge >= 0.3 is 5.97 Å². The van der Waals surface area contributed by atoms with Crippen LogP contribution in [-0.2, 0) is 9.59 Å². The summed E-state index contributed by atoms with van der Waals surface area (Å²) in [5.41, 5.74) is 0.191. The van der Waals surface area contributed by atoms with E-state index < -0.39 is 29.7 Å². The quantitative estimate of drug-likeness (QED) is 0.776. The molecule has 0 bridgehead atoms. The number of ketones is 1. The first-order chi connectivity index (χ1) is 9.31. The predicted octanol–water partition coefficient (Wildman–Crippen LogP) is 1.62. The van der Waals surface area contributed by atoms with E-state index >= 15 is 0 Å². The first kappa shape index (κ1) is 15.8. The number of aliphatic carboxylic acids is 1. The lowest BCUT2D eigenvalue weighted by Gasteiger charge is -2.13. The van der Waals surface area contributed by atoms with Gasteiger partial charge in [0, 0.05) is 17.9 Å². The van der Waals surface area contributed by atoms with Crippen molar-refractivity contribution in [1.82, 2.24) is 5.32 Å². The van der Waals surface area contributed by atoms with Crippen molar-refractivity contribution in [2.45, 2.75) is 26.3 Å². The van der Waals surface area contributed by atoms with Crippen LogP contribution in [0.5, 0.6) is 0 Å². The average molecular weight is 281 g/mol. The number of hydrogen-bond acceptors (Lipinski definition) is 3. The molecule has 0 heterocycles. The van der Waals surface area contributed by atoms with Crippen LogP contribution >= 0.6 is 0 Å². The third-order valence-electron chi connectivity index (χ3n) is 2.80. The van der Waals surface area contributed by atoms with Crippen molar-refractivity contribution in [3.63, 3.8) is 0 Å². The molecule has 20 heavy (non-hydrogen) atoms. The molecule has 0 radical (unpaired) electrons. The fourth-order valence-electron chi connectivity index (χ4n) is 1.66. The molecule has 0 saturated heterocycles. The Labute approximate surface area is 115 Å². The lowest BCUT2D eigenvalue weighted by Crippen LogP contribution is -2.39. The number of carboxylic acid groups (broad SMARTS) is 1. The van der Waals surface area contributed by atoms with Gasteiger partial charge in [0.2, 0.25) is 5.91 Å². The first-order valence-corrected chi connectivity index (χ1v) is 6.13. The highest BCUT2D eigenvalue weighted by Crippen LogP contribution is 2.13. The van der Waals surface area contributed by atoms with Gasteiger partial charge in [0.25, 0.3) is 0 Å². The fourth-order valence-corrected chi connectivity index (χ4v) is 1.66. The van der Waals surface area contributed by atoms with E-state index in [0.717, 1.165) is 6.07 Å².